The molecule has 0 spiro atoms. The predicted octanol–water partition coefficient (Wildman–Crippen LogP) is 3.33. The van der Waals surface area contributed by atoms with Gasteiger partial charge in [0, 0.05) is 16.8 Å². The number of aromatic nitrogens is 1. The maximum atomic E-state index is 11.4. The van der Waals surface area contributed by atoms with Gasteiger partial charge in [-0.25, -0.2) is 0 Å². The lowest BCUT2D eigenvalue weighted by Gasteiger charge is -2.35. The van der Waals surface area contributed by atoms with Gasteiger partial charge >= 0.3 is 0 Å². The minimum absolute atomic E-state index is 0.0583. The molecule has 19 heavy (non-hydrogen) atoms. The molecule has 2 rings (SSSR count). The number of aliphatic hydroxyl groups is 1. The van der Waals surface area contributed by atoms with E-state index in [1.54, 1.807) is 0 Å². The smallest absolute Gasteiger partial charge is 0.152 e. The van der Waals surface area contributed by atoms with Gasteiger partial charge < -0.3 is 5.11 Å². The lowest BCUT2D eigenvalue weighted by atomic mass is 9.73. The summed E-state index contributed by atoms with van der Waals surface area (Å²) in [6.07, 6.45) is 1.96. The van der Waals surface area contributed by atoms with Crippen molar-refractivity contribution in [3.8, 4) is 0 Å². The average molecular weight is 261 g/mol. The average Bonchev–Trinajstić information content (AvgIpc) is 2.25. The molecule has 0 saturated carbocycles. The van der Waals surface area contributed by atoms with Crippen molar-refractivity contribution < 1.29 is 9.90 Å². The summed E-state index contributed by atoms with van der Waals surface area (Å²) in [5.74, 6) is 0.214. The van der Waals surface area contributed by atoms with E-state index in [4.69, 9.17) is 4.98 Å². The molecule has 0 aromatic carbocycles. The van der Waals surface area contributed by atoms with Gasteiger partial charge in [-0.15, -0.1) is 0 Å². The van der Waals surface area contributed by atoms with Crippen molar-refractivity contribution in [2.24, 2.45) is 5.41 Å². The lowest BCUT2D eigenvalue weighted by Crippen LogP contribution is -2.28. The Balaban J connectivity index is 2.68. The molecule has 0 aliphatic heterocycles. The van der Waals surface area contributed by atoms with Gasteiger partial charge in [0.15, 0.2) is 6.29 Å². The molecule has 1 aromatic rings. The van der Waals surface area contributed by atoms with E-state index in [1.807, 2.05) is 20.8 Å². The highest BCUT2D eigenvalue weighted by atomic mass is 16.3. The largest absolute Gasteiger partial charge is 0.388 e. The highest BCUT2D eigenvalue weighted by molar-refractivity contribution is 5.80. The number of aliphatic hydroxyl groups excluding tert-OH is 1. The van der Waals surface area contributed by atoms with Gasteiger partial charge in [-0.1, -0.05) is 27.7 Å². The molecule has 0 bridgehead atoms. The molecule has 1 heterocycles. The van der Waals surface area contributed by atoms with Crippen LogP contribution >= 0.6 is 0 Å². The predicted molar refractivity (Wildman–Crippen MR) is 75.5 cm³/mol. The van der Waals surface area contributed by atoms with Crippen LogP contribution < -0.4 is 0 Å². The monoisotopic (exact) mass is 261 g/mol. The first kappa shape index (κ1) is 14.2. The number of carbonyl (C=O) groups excluding carboxylic acids is 1. The number of rotatable bonds is 2. The van der Waals surface area contributed by atoms with Crippen LogP contribution in [-0.2, 0) is 6.42 Å². The van der Waals surface area contributed by atoms with Gasteiger partial charge in [-0.3, -0.25) is 9.78 Å². The molecule has 1 unspecified atom stereocenters. The Labute approximate surface area is 115 Å². The molecule has 1 atom stereocenters. The van der Waals surface area contributed by atoms with Gasteiger partial charge in [-0.2, -0.15) is 0 Å². The fourth-order valence-electron chi connectivity index (χ4n) is 3.14. The Morgan fingerprint density at radius 2 is 2.05 bits per heavy atom. The van der Waals surface area contributed by atoms with Crippen LogP contribution in [0.25, 0.3) is 0 Å². The van der Waals surface area contributed by atoms with Crippen molar-refractivity contribution in [1.29, 1.82) is 0 Å². The molecular weight excluding hydrogens is 238 g/mol. The Morgan fingerprint density at radius 1 is 1.42 bits per heavy atom. The molecule has 0 amide bonds. The molecule has 0 fully saturated rings. The second-order valence-corrected chi connectivity index (χ2v) is 6.73. The van der Waals surface area contributed by atoms with Crippen LogP contribution in [0.2, 0.25) is 0 Å². The standard InChI is InChI=1S/C16H23NO2/c1-9(2)15-11(8-18)10(3)14-12(17-15)6-16(4,5)7-13(14)19/h8-9,13,19H,6-7H2,1-5H3. The van der Waals surface area contributed by atoms with Gasteiger partial charge in [0.25, 0.3) is 0 Å². The maximum absolute atomic E-state index is 11.4. The number of carbonyl (C=O) groups is 1. The van der Waals surface area contributed by atoms with Crippen molar-refractivity contribution in [2.75, 3.05) is 0 Å². The van der Waals surface area contributed by atoms with Crippen LogP contribution in [0.5, 0.6) is 0 Å². The van der Waals surface area contributed by atoms with E-state index in [0.29, 0.717) is 5.56 Å². The summed E-state index contributed by atoms with van der Waals surface area (Å²) in [6.45, 7) is 10.3. The summed E-state index contributed by atoms with van der Waals surface area (Å²) in [7, 11) is 0. The third kappa shape index (κ3) is 2.44. The van der Waals surface area contributed by atoms with E-state index >= 15 is 0 Å². The second kappa shape index (κ2) is 4.71. The molecule has 1 aromatic heterocycles. The maximum Gasteiger partial charge on any atom is 0.152 e. The van der Waals surface area contributed by atoms with Crippen molar-refractivity contribution in [1.82, 2.24) is 4.98 Å². The number of aldehydes is 1. The summed E-state index contributed by atoms with van der Waals surface area (Å²) in [5, 5.41) is 10.4. The summed E-state index contributed by atoms with van der Waals surface area (Å²) < 4.78 is 0. The molecule has 0 saturated heterocycles. The van der Waals surface area contributed by atoms with Crippen LogP contribution in [0.1, 0.15) is 79.0 Å². The first-order valence-corrected chi connectivity index (χ1v) is 6.93. The SMILES string of the molecule is Cc1c(C=O)c(C(C)C)nc2c1C(O)CC(C)(C)C2. The highest BCUT2D eigenvalue weighted by Crippen LogP contribution is 2.42. The van der Waals surface area contributed by atoms with E-state index in [9.17, 15) is 9.90 Å². The Hall–Kier alpha value is -1.22. The van der Waals surface area contributed by atoms with Gasteiger partial charge in [0.2, 0.25) is 0 Å². The zero-order chi connectivity index (χ0) is 14.4. The highest BCUT2D eigenvalue weighted by Gasteiger charge is 2.34. The number of hydrogen-bond acceptors (Lipinski definition) is 3. The van der Waals surface area contributed by atoms with Crippen LogP contribution in [-0.4, -0.2) is 16.4 Å². The second-order valence-electron chi connectivity index (χ2n) is 6.73. The fraction of sp³-hybridized carbons (Fsp3) is 0.625. The summed E-state index contributed by atoms with van der Waals surface area (Å²) >= 11 is 0. The molecule has 1 N–H and O–H groups in total. The number of fused-ring (bicyclic) bond motifs is 1. The van der Waals surface area contributed by atoms with E-state index in [-0.39, 0.29) is 11.3 Å². The first-order valence-electron chi connectivity index (χ1n) is 6.93. The zero-order valence-electron chi connectivity index (χ0n) is 12.4. The Kier molecular flexibility index (Phi) is 3.52. The molecule has 3 heteroatoms. The molecule has 1 aliphatic rings. The van der Waals surface area contributed by atoms with E-state index in [0.717, 1.165) is 41.6 Å². The molecular formula is C16H23NO2. The Morgan fingerprint density at radius 3 is 2.58 bits per heavy atom. The van der Waals surface area contributed by atoms with E-state index in [2.05, 4.69) is 13.8 Å². The summed E-state index contributed by atoms with van der Waals surface area (Å²) in [5.41, 5.74) is 4.33. The minimum atomic E-state index is -0.508. The van der Waals surface area contributed by atoms with Crippen molar-refractivity contribution in [2.45, 2.75) is 59.5 Å². The summed E-state index contributed by atoms with van der Waals surface area (Å²) in [6, 6.07) is 0. The number of hydrogen-bond donors (Lipinski definition) is 1. The van der Waals surface area contributed by atoms with E-state index < -0.39 is 6.10 Å². The lowest BCUT2D eigenvalue weighted by molar-refractivity contribution is 0.0971. The topological polar surface area (TPSA) is 50.2 Å². The van der Waals surface area contributed by atoms with Crippen LogP contribution in [0.4, 0.5) is 0 Å². The van der Waals surface area contributed by atoms with E-state index in [1.165, 1.54) is 0 Å². The third-order valence-electron chi connectivity index (χ3n) is 4.04. The van der Waals surface area contributed by atoms with Crippen LogP contribution in [0.15, 0.2) is 0 Å². The van der Waals surface area contributed by atoms with Crippen molar-refractivity contribution in [3.63, 3.8) is 0 Å². The zero-order valence-corrected chi connectivity index (χ0v) is 12.4. The van der Waals surface area contributed by atoms with Crippen LogP contribution in [0.3, 0.4) is 0 Å². The van der Waals surface area contributed by atoms with Gasteiger partial charge in [-0.05, 0) is 36.7 Å². The molecule has 3 nitrogen and oxygen atoms in total. The van der Waals surface area contributed by atoms with Gasteiger partial charge in [0.1, 0.15) is 0 Å². The third-order valence-corrected chi connectivity index (χ3v) is 4.04. The fourth-order valence-corrected chi connectivity index (χ4v) is 3.14. The minimum Gasteiger partial charge on any atom is -0.388 e. The number of nitrogens with zero attached hydrogens (tertiary/aromatic N) is 1. The van der Waals surface area contributed by atoms with Crippen molar-refractivity contribution in [3.05, 3.63) is 28.1 Å². The van der Waals surface area contributed by atoms with Crippen molar-refractivity contribution >= 4 is 6.29 Å². The van der Waals surface area contributed by atoms with Crippen LogP contribution in [0, 0.1) is 12.3 Å². The quantitative estimate of drug-likeness (QED) is 0.831. The summed E-state index contributed by atoms with van der Waals surface area (Å²) in [4.78, 5) is 16.0. The molecule has 104 valence electrons. The Bertz CT molecular complexity index is 518. The number of pyridine rings is 1. The first-order chi connectivity index (χ1) is 8.76. The van der Waals surface area contributed by atoms with Gasteiger partial charge in [0.05, 0.1) is 11.8 Å². The normalized spacial score (nSPS) is 21.3. The molecule has 1 aliphatic carbocycles. The molecule has 0 radical (unpaired) electrons.